The molecule has 4 rings (SSSR count). The Morgan fingerprint density at radius 3 is 3.00 bits per heavy atom. The molecule has 0 radical (unpaired) electrons. The van der Waals surface area contributed by atoms with E-state index in [9.17, 15) is 4.79 Å². The Hall–Kier alpha value is -2.29. The van der Waals surface area contributed by atoms with Gasteiger partial charge in [-0.1, -0.05) is 18.2 Å². The molecule has 2 aromatic rings. The molecule has 2 aliphatic heterocycles. The highest BCUT2D eigenvalue weighted by atomic mass is 16.1. The molecular formula is C16H14N2O. The van der Waals surface area contributed by atoms with Gasteiger partial charge in [-0.15, -0.1) is 0 Å². The van der Waals surface area contributed by atoms with E-state index >= 15 is 0 Å². The average molecular weight is 250 g/mol. The van der Waals surface area contributed by atoms with Crippen molar-refractivity contribution < 1.29 is 4.79 Å². The third kappa shape index (κ3) is 1.41. The van der Waals surface area contributed by atoms with Crippen LogP contribution in [0, 0.1) is 6.92 Å². The Labute approximate surface area is 111 Å². The summed E-state index contributed by atoms with van der Waals surface area (Å²) < 4.78 is 0. The Bertz CT molecular complexity index is 706. The van der Waals surface area contributed by atoms with Gasteiger partial charge in [0, 0.05) is 6.54 Å². The number of carbonyl (C=O) groups is 1. The van der Waals surface area contributed by atoms with Crippen LogP contribution in [0.15, 0.2) is 36.4 Å². The van der Waals surface area contributed by atoms with Crippen LogP contribution in [0.25, 0.3) is 0 Å². The summed E-state index contributed by atoms with van der Waals surface area (Å²) in [6.45, 7) is 2.98. The molecule has 0 atom stereocenters. The second-order valence-electron chi connectivity index (χ2n) is 5.19. The molecule has 94 valence electrons. The number of aryl methyl sites for hydroxylation is 1. The minimum atomic E-state index is -0.00639. The number of anilines is 3. The summed E-state index contributed by atoms with van der Waals surface area (Å²) in [5.41, 5.74) is 6.30. The average Bonchev–Trinajstić information content (AvgIpc) is 2.77. The fourth-order valence-corrected chi connectivity index (χ4v) is 3.06. The molecule has 2 aliphatic rings. The van der Waals surface area contributed by atoms with Crippen LogP contribution in [0.2, 0.25) is 0 Å². The number of hydrogen-bond acceptors (Lipinski definition) is 2. The first-order chi connectivity index (χ1) is 9.24. The molecule has 19 heavy (non-hydrogen) atoms. The molecule has 0 bridgehead atoms. The van der Waals surface area contributed by atoms with Gasteiger partial charge >= 0.3 is 0 Å². The van der Waals surface area contributed by atoms with Crippen LogP contribution in [0.3, 0.4) is 0 Å². The third-order valence-corrected chi connectivity index (χ3v) is 3.93. The van der Waals surface area contributed by atoms with Crippen LogP contribution in [0.4, 0.5) is 17.1 Å². The van der Waals surface area contributed by atoms with Crippen molar-refractivity contribution in [3.8, 4) is 0 Å². The molecule has 0 spiro atoms. The van der Waals surface area contributed by atoms with Crippen molar-refractivity contribution in [1.82, 2.24) is 0 Å². The fraction of sp³-hybridized carbons (Fsp3) is 0.188. The van der Waals surface area contributed by atoms with Crippen molar-refractivity contribution in [1.29, 1.82) is 0 Å². The van der Waals surface area contributed by atoms with Crippen molar-refractivity contribution in [2.24, 2.45) is 0 Å². The molecule has 1 amide bonds. The minimum absolute atomic E-state index is 0.00639. The first-order valence-corrected chi connectivity index (χ1v) is 6.55. The monoisotopic (exact) mass is 250 g/mol. The number of rotatable bonds is 0. The van der Waals surface area contributed by atoms with Crippen molar-refractivity contribution in [3.05, 3.63) is 53.1 Å². The van der Waals surface area contributed by atoms with Gasteiger partial charge in [-0.05, 0) is 42.7 Å². The van der Waals surface area contributed by atoms with Gasteiger partial charge in [-0.2, -0.15) is 0 Å². The minimum Gasteiger partial charge on any atom is -0.339 e. The predicted molar refractivity (Wildman–Crippen MR) is 76.3 cm³/mol. The van der Waals surface area contributed by atoms with Crippen LogP contribution in [-0.2, 0) is 6.42 Å². The van der Waals surface area contributed by atoms with Crippen LogP contribution in [-0.4, -0.2) is 12.5 Å². The number of fused-ring (bicyclic) bond motifs is 2. The molecule has 0 unspecified atom stereocenters. The number of benzene rings is 2. The molecule has 0 aromatic heterocycles. The van der Waals surface area contributed by atoms with Crippen molar-refractivity contribution in [2.45, 2.75) is 13.3 Å². The van der Waals surface area contributed by atoms with Gasteiger partial charge in [-0.3, -0.25) is 4.79 Å². The highest BCUT2D eigenvalue weighted by Gasteiger charge is 2.30. The zero-order chi connectivity index (χ0) is 13.0. The zero-order valence-electron chi connectivity index (χ0n) is 10.7. The number of nitrogens with zero attached hydrogens (tertiary/aromatic N) is 1. The number of para-hydroxylation sites is 1. The summed E-state index contributed by atoms with van der Waals surface area (Å²) in [7, 11) is 0. The summed E-state index contributed by atoms with van der Waals surface area (Å²) in [6.07, 6.45) is 1.00. The Morgan fingerprint density at radius 1 is 1.21 bits per heavy atom. The molecule has 0 fully saturated rings. The van der Waals surface area contributed by atoms with Gasteiger partial charge in [0.15, 0.2) is 0 Å². The molecule has 0 aliphatic carbocycles. The third-order valence-electron chi connectivity index (χ3n) is 3.93. The van der Waals surface area contributed by atoms with Gasteiger partial charge in [0.05, 0.1) is 22.6 Å². The number of hydrogen-bond donors (Lipinski definition) is 1. The first kappa shape index (κ1) is 10.6. The summed E-state index contributed by atoms with van der Waals surface area (Å²) >= 11 is 0. The van der Waals surface area contributed by atoms with Crippen molar-refractivity contribution in [3.63, 3.8) is 0 Å². The number of nitrogens with one attached hydrogen (secondary N) is 1. The maximum atomic E-state index is 12.4. The highest BCUT2D eigenvalue weighted by Crippen LogP contribution is 2.43. The molecule has 3 nitrogen and oxygen atoms in total. The first-order valence-electron chi connectivity index (χ1n) is 6.55. The molecule has 0 saturated heterocycles. The Kier molecular flexibility index (Phi) is 2.01. The van der Waals surface area contributed by atoms with Gasteiger partial charge in [0.25, 0.3) is 5.91 Å². The zero-order valence-corrected chi connectivity index (χ0v) is 10.7. The van der Waals surface area contributed by atoms with Crippen LogP contribution in [0.5, 0.6) is 0 Å². The van der Waals surface area contributed by atoms with E-state index < -0.39 is 0 Å². The lowest BCUT2D eigenvalue weighted by Gasteiger charge is -2.20. The van der Waals surface area contributed by atoms with Gasteiger partial charge in [0.1, 0.15) is 0 Å². The van der Waals surface area contributed by atoms with E-state index in [1.165, 1.54) is 5.56 Å². The van der Waals surface area contributed by atoms with E-state index in [2.05, 4.69) is 28.4 Å². The number of carbonyl (C=O) groups excluding carboxylic acids is 1. The maximum Gasteiger partial charge on any atom is 0.257 e. The molecular weight excluding hydrogens is 236 g/mol. The normalized spacial score (nSPS) is 15.6. The predicted octanol–water partition coefficient (Wildman–Crippen LogP) is 3.25. The second kappa shape index (κ2) is 3.60. The van der Waals surface area contributed by atoms with E-state index in [4.69, 9.17) is 0 Å². The Balaban J connectivity index is 2.02. The molecule has 2 heterocycles. The molecule has 1 N–H and O–H groups in total. The lowest BCUT2D eigenvalue weighted by molar-refractivity contribution is 0.102. The lowest BCUT2D eigenvalue weighted by Crippen LogP contribution is -2.13. The summed E-state index contributed by atoms with van der Waals surface area (Å²) in [5.74, 6) is -0.00639. The van der Waals surface area contributed by atoms with E-state index in [1.807, 2.05) is 25.1 Å². The van der Waals surface area contributed by atoms with Gasteiger partial charge < -0.3 is 10.2 Å². The van der Waals surface area contributed by atoms with E-state index in [-0.39, 0.29) is 5.91 Å². The van der Waals surface area contributed by atoms with Crippen molar-refractivity contribution >= 4 is 23.0 Å². The number of amides is 1. The largest absolute Gasteiger partial charge is 0.339 e. The quantitative estimate of drug-likeness (QED) is 0.778. The maximum absolute atomic E-state index is 12.4. The molecule has 2 aromatic carbocycles. The standard InChI is InChI=1S/C16H14N2O/c1-10-5-6-14-13(9-10)17-16(19)12-4-2-3-11-7-8-18(14)15(11)12/h2-6,9H,7-8H2,1H3,(H,17,19). The fourth-order valence-electron chi connectivity index (χ4n) is 3.06. The van der Waals surface area contributed by atoms with E-state index in [0.717, 1.165) is 41.2 Å². The van der Waals surface area contributed by atoms with Gasteiger partial charge in [-0.25, -0.2) is 0 Å². The summed E-state index contributed by atoms with van der Waals surface area (Å²) in [4.78, 5) is 14.6. The van der Waals surface area contributed by atoms with Crippen LogP contribution < -0.4 is 10.2 Å². The van der Waals surface area contributed by atoms with E-state index in [1.54, 1.807) is 0 Å². The van der Waals surface area contributed by atoms with E-state index in [0.29, 0.717) is 0 Å². The highest BCUT2D eigenvalue weighted by molar-refractivity contribution is 6.13. The lowest BCUT2D eigenvalue weighted by atomic mass is 10.1. The smallest absolute Gasteiger partial charge is 0.257 e. The van der Waals surface area contributed by atoms with Crippen LogP contribution in [0.1, 0.15) is 21.5 Å². The molecule has 3 heteroatoms. The summed E-state index contributed by atoms with van der Waals surface area (Å²) in [5, 5.41) is 3.03. The topological polar surface area (TPSA) is 32.3 Å². The van der Waals surface area contributed by atoms with Gasteiger partial charge in [0.2, 0.25) is 0 Å². The second-order valence-corrected chi connectivity index (χ2v) is 5.19. The SMILES string of the molecule is Cc1ccc2c(c1)NC(=O)c1cccc3c1N2CC3. The van der Waals surface area contributed by atoms with Crippen molar-refractivity contribution in [2.75, 3.05) is 16.8 Å². The van der Waals surface area contributed by atoms with Crippen LogP contribution >= 0.6 is 0 Å². The summed E-state index contributed by atoms with van der Waals surface area (Å²) in [6, 6.07) is 12.2. The Morgan fingerprint density at radius 2 is 2.11 bits per heavy atom. The molecule has 0 saturated carbocycles.